The smallest absolute Gasteiger partial charge is 0.329 e. The predicted molar refractivity (Wildman–Crippen MR) is 208 cm³/mol. The van der Waals surface area contributed by atoms with Gasteiger partial charge in [-0.1, -0.05) is 97.1 Å². The van der Waals surface area contributed by atoms with Crippen LogP contribution in [-0.4, -0.2) is 102 Å². The van der Waals surface area contributed by atoms with Crippen LogP contribution < -0.4 is 0 Å². The maximum Gasteiger partial charge on any atom is 0.329 e. The number of rotatable bonds is 25. The lowest BCUT2D eigenvalue weighted by atomic mass is 9.98. The molecule has 0 atom stereocenters. The van der Waals surface area contributed by atoms with Crippen molar-refractivity contribution in [1.29, 1.82) is 0 Å². The number of hydrogen-bond donors (Lipinski definition) is 1. The molecule has 0 unspecified atom stereocenters. The molecule has 0 aliphatic heterocycles. The van der Waals surface area contributed by atoms with Crippen LogP contribution in [0.4, 0.5) is 0 Å². The summed E-state index contributed by atoms with van der Waals surface area (Å²) in [5.41, 5.74) is 9.48. The molecule has 6 rings (SSSR count). The van der Waals surface area contributed by atoms with Crippen LogP contribution in [0, 0.1) is 0 Å². The van der Waals surface area contributed by atoms with Gasteiger partial charge in [-0.15, -0.1) is 0 Å². The van der Waals surface area contributed by atoms with E-state index in [1.807, 2.05) is 48.5 Å². The zero-order chi connectivity index (χ0) is 39.0. The van der Waals surface area contributed by atoms with Crippen LogP contribution in [0.2, 0.25) is 0 Å². The summed E-state index contributed by atoms with van der Waals surface area (Å²) in [5.74, 6) is -1.55. The van der Waals surface area contributed by atoms with Crippen molar-refractivity contribution in [3.05, 3.63) is 119 Å². The van der Waals surface area contributed by atoms with Crippen LogP contribution in [0.3, 0.4) is 0 Å². The molecule has 2 aliphatic carbocycles. The van der Waals surface area contributed by atoms with Gasteiger partial charge in [-0.25, -0.2) is 4.79 Å². The summed E-state index contributed by atoms with van der Waals surface area (Å²) in [6.45, 7) is 2.27. The summed E-state index contributed by atoms with van der Waals surface area (Å²) in [4.78, 5) is 36.0. The normalized spacial score (nSPS) is 12.9. The lowest BCUT2D eigenvalue weighted by molar-refractivity contribution is -0.148. The van der Waals surface area contributed by atoms with Gasteiger partial charge in [0, 0.05) is 37.9 Å². The SMILES string of the molecule is O=C(O)COC(COCCOCCCC(=O)OCC1c2ccccc2-c2ccccc21)COCCOCCCC(=O)OCC1c2ccccc2-c2ccccc21. The van der Waals surface area contributed by atoms with E-state index in [-0.39, 0.29) is 63.0 Å². The maximum absolute atomic E-state index is 12.5. The van der Waals surface area contributed by atoms with E-state index in [9.17, 15) is 14.4 Å². The monoisotopic (exact) mass is 766 g/mol. The molecule has 2 aliphatic rings. The van der Waals surface area contributed by atoms with Crippen molar-refractivity contribution in [1.82, 2.24) is 0 Å². The number of carbonyl (C=O) groups excluding carboxylic acids is 2. The molecule has 0 fully saturated rings. The third kappa shape index (κ3) is 11.3. The summed E-state index contributed by atoms with van der Waals surface area (Å²) in [6, 6.07) is 32.9. The first-order valence-corrected chi connectivity index (χ1v) is 19.3. The van der Waals surface area contributed by atoms with Crippen LogP contribution in [0.15, 0.2) is 97.1 Å². The lowest BCUT2D eigenvalue weighted by Crippen LogP contribution is -2.29. The van der Waals surface area contributed by atoms with Crippen molar-refractivity contribution in [2.75, 3.05) is 72.7 Å². The molecule has 0 saturated carbocycles. The fourth-order valence-electron chi connectivity index (χ4n) is 7.22. The Hall–Kier alpha value is -4.91. The quantitative estimate of drug-likeness (QED) is 0.0564. The molecule has 11 heteroatoms. The average molecular weight is 767 g/mol. The Bertz CT molecular complexity index is 1670. The summed E-state index contributed by atoms with van der Waals surface area (Å²) in [5, 5.41) is 9.05. The number of hydrogen-bond acceptors (Lipinski definition) is 10. The van der Waals surface area contributed by atoms with Gasteiger partial charge in [0.1, 0.15) is 25.9 Å². The number of aliphatic carboxylic acids is 1. The molecular weight excluding hydrogens is 716 g/mol. The molecule has 1 N–H and O–H groups in total. The molecule has 11 nitrogen and oxygen atoms in total. The molecule has 0 radical (unpaired) electrons. The molecule has 0 amide bonds. The second-order valence-electron chi connectivity index (χ2n) is 13.7. The number of fused-ring (bicyclic) bond motifs is 6. The van der Waals surface area contributed by atoms with Gasteiger partial charge in [0.15, 0.2) is 0 Å². The number of carboxylic acid groups (broad SMARTS) is 1. The van der Waals surface area contributed by atoms with Crippen LogP contribution in [0.5, 0.6) is 0 Å². The van der Waals surface area contributed by atoms with Gasteiger partial charge in [0.05, 0.1) is 39.6 Å². The highest BCUT2D eigenvalue weighted by Crippen LogP contribution is 2.45. The van der Waals surface area contributed by atoms with Crippen LogP contribution in [0.1, 0.15) is 59.8 Å². The van der Waals surface area contributed by atoms with Gasteiger partial charge in [0.25, 0.3) is 0 Å². The average Bonchev–Trinajstić information content (AvgIpc) is 3.72. The zero-order valence-electron chi connectivity index (χ0n) is 31.6. The second-order valence-corrected chi connectivity index (χ2v) is 13.7. The molecule has 0 aromatic heterocycles. The first-order valence-electron chi connectivity index (χ1n) is 19.3. The summed E-state index contributed by atoms with van der Waals surface area (Å²) in [6.07, 6.45) is 0.954. The van der Waals surface area contributed by atoms with Crippen molar-refractivity contribution >= 4 is 17.9 Å². The van der Waals surface area contributed by atoms with Crippen LogP contribution >= 0.6 is 0 Å². The Balaban J connectivity index is 0.768. The molecule has 56 heavy (non-hydrogen) atoms. The molecule has 4 aromatic carbocycles. The fraction of sp³-hybridized carbons (Fsp3) is 0.400. The van der Waals surface area contributed by atoms with E-state index in [0.717, 1.165) is 0 Å². The first-order chi connectivity index (χ1) is 27.5. The van der Waals surface area contributed by atoms with Gasteiger partial charge in [-0.2, -0.15) is 0 Å². The molecule has 0 bridgehead atoms. The minimum atomic E-state index is -1.09. The Kier molecular flexibility index (Phi) is 15.6. The van der Waals surface area contributed by atoms with Gasteiger partial charge < -0.3 is 38.3 Å². The number of esters is 2. The van der Waals surface area contributed by atoms with Gasteiger partial charge >= 0.3 is 17.9 Å². The Morgan fingerprint density at radius 3 is 1.23 bits per heavy atom. The van der Waals surface area contributed by atoms with E-state index in [1.165, 1.54) is 44.5 Å². The maximum atomic E-state index is 12.5. The van der Waals surface area contributed by atoms with Gasteiger partial charge in [-0.05, 0) is 57.3 Å². The van der Waals surface area contributed by atoms with Crippen LogP contribution in [0.25, 0.3) is 22.3 Å². The van der Waals surface area contributed by atoms with Gasteiger partial charge in [0.2, 0.25) is 0 Å². The van der Waals surface area contributed by atoms with Crippen molar-refractivity contribution in [2.45, 2.75) is 43.6 Å². The minimum Gasteiger partial charge on any atom is -0.480 e. The largest absolute Gasteiger partial charge is 0.480 e. The Morgan fingerprint density at radius 1 is 0.500 bits per heavy atom. The summed E-state index contributed by atoms with van der Waals surface area (Å²) in [7, 11) is 0. The van der Waals surface area contributed by atoms with E-state index in [0.29, 0.717) is 52.5 Å². The molecule has 0 heterocycles. The van der Waals surface area contributed by atoms with Crippen molar-refractivity contribution in [3.63, 3.8) is 0 Å². The third-order valence-corrected chi connectivity index (χ3v) is 9.88. The summed E-state index contributed by atoms with van der Waals surface area (Å²) >= 11 is 0. The number of carboxylic acids is 1. The molecule has 0 saturated heterocycles. The van der Waals surface area contributed by atoms with E-state index < -0.39 is 18.7 Å². The third-order valence-electron chi connectivity index (χ3n) is 9.88. The summed E-state index contributed by atoms with van der Waals surface area (Å²) < 4.78 is 39.2. The Labute approximate surface area is 327 Å². The highest BCUT2D eigenvalue weighted by Gasteiger charge is 2.30. The minimum absolute atomic E-state index is 0.0302. The van der Waals surface area contributed by atoms with Crippen LogP contribution in [-0.2, 0) is 47.5 Å². The highest BCUT2D eigenvalue weighted by atomic mass is 16.6. The first kappa shape index (κ1) is 40.7. The zero-order valence-corrected chi connectivity index (χ0v) is 31.6. The van der Waals surface area contributed by atoms with E-state index in [4.69, 9.17) is 38.3 Å². The fourth-order valence-corrected chi connectivity index (χ4v) is 7.22. The number of benzene rings is 4. The van der Waals surface area contributed by atoms with Crippen molar-refractivity contribution < 1.29 is 52.6 Å². The standard InChI is InChI=1S/C45H50O11/c46-43(47)31-54-32(27-52-25-23-50-21-9-19-44(48)55-29-41-37-15-5-1-11-33(37)34-12-2-6-16-38(34)41)28-53-26-24-51-22-10-20-45(49)56-30-42-39-17-7-3-13-35(39)36-14-4-8-18-40(36)42/h1-8,11-18,32,41-42H,9-10,19-31H2,(H,46,47). The molecular formula is C45H50O11. The second kappa shape index (κ2) is 21.4. The Morgan fingerprint density at radius 2 is 0.857 bits per heavy atom. The van der Waals surface area contributed by atoms with E-state index in [2.05, 4.69) is 48.5 Å². The van der Waals surface area contributed by atoms with Gasteiger partial charge in [-0.3, -0.25) is 9.59 Å². The van der Waals surface area contributed by atoms with Crippen molar-refractivity contribution in [3.8, 4) is 22.3 Å². The van der Waals surface area contributed by atoms with Crippen molar-refractivity contribution in [2.24, 2.45) is 0 Å². The van der Waals surface area contributed by atoms with E-state index in [1.54, 1.807) is 0 Å². The lowest BCUT2D eigenvalue weighted by Gasteiger charge is -2.17. The topological polar surface area (TPSA) is 136 Å². The molecule has 0 spiro atoms. The number of carbonyl (C=O) groups is 3. The molecule has 4 aromatic rings. The predicted octanol–water partition coefficient (Wildman–Crippen LogP) is 6.79. The van der Waals surface area contributed by atoms with E-state index >= 15 is 0 Å². The highest BCUT2D eigenvalue weighted by molar-refractivity contribution is 5.80. The number of ether oxygens (including phenoxy) is 7. The molecule has 296 valence electrons.